The van der Waals surface area contributed by atoms with Crippen molar-refractivity contribution in [3.8, 4) is 0 Å². The van der Waals surface area contributed by atoms with E-state index in [1.807, 2.05) is 13.8 Å². The molecule has 104 valence electrons. The van der Waals surface area contributed by atoms with Gasteiger partial charge in [0, 0.05) is 29.7 Å². The Bertz CT molecular complexity index is 456. The molecule has 0 saturated heterocycles. The SMILES string of the molecule is CC(C)C(CC(=O)c1ccc(F)cc1)C(C)[N+](=O)[O-]. The van der Waals surface area contributed by atoms with Gasteiger partial charge in [0.2, 0.25) is 6.04 Å². The summed E-state index contributed by atoms with van der Waals surface area (Å²) in [7, 11) is 0. The second-order valence-corrected chi connectivity index (χ2v) is 5.07. The lowest BCUT2D eigenvalue weighted by atomic mass is 9.84. The first kappa shape index (κ1) is 15.3. The van der Waals surface area contributed by atoms with Crippen LogP contribution in [0.2, 0.25) is 0 Å². The Morgan fingerprint density at radius 1 is 1.26 bits per heavy atom. The van der Waals surface area contributed by atoms with Gasteiger partial charge in [0.1, 0.15) is 5.82 Å². The van der Waals surface area contributed by atoms with Gasteiger partial charge in [-0.15, -0.1) is 0 Å². The summed E-state index contributed by atoms with van der Waals surface area (Å²) >= 11 is 0. The molecule has 2 unspecified atom stereocenters. The number of Topliss-reactive ketones (excluding diaryl/α,β-unsaturated/α-hetero) is 1. The van der Waals surface area contributed by atoms with Gasteiger partial charge < -0.3 is 0 Å². The Balaban J connectivity index is 2.82. The first-order valence-corrected chi connectivity index (χ1v) is 6.25. The minimum atomic E-state index is -0.774. The maximum absolute atomic E-state index is 12.8. The summed E-state index contributed by atoms with van der Waals surface area (Å²) in [4.78, 5) is 22.5. The average Bonchev–Trinajstić information content (AvgIpc) is 2.35. The number of carbonyl (C=O) groups is 1. The molecular formula is C14H18FNO3. The van der Waals surface area contributed by atoms with Gasteiger partial charge in [-0.3, -0.25) is 14.9 Å². The van der Waals surface area contributed by atoms with Crippen molar-refractivity contribution in [1.29, 1.82) is 0 Å². The number of ketones is 1. The Kier molecular flexibility index (Phi) is 5.15. The van der Waals surface area contributed by atoms with Crippen molar-refractivity contribution in [2.45, 2.75) is 33.2 Å². The summed E-state index contributed by atoms with van der Waals surface area (Å²) < 4.78 is 12.8. The zero-order valence-electron chi connectivity index (χ0n) is 11.3. The van der Waals surface area contributed by atoms with Gasteiger partial charge >= 0.3 is 0 Å². The maximum atomic E-state index is 12.8. The van der Waals surface area contributed by atoms with E-state index in [0.717, 1.165) is 0 Å². The fourth-order valence-electron chi connectivity index (χ4n) is 2.09. The van der Waals surface area contributed by atoms with Gasteiger partial charge in [0.15, 0.2) is 5.78 Å². The number of halogens is 1. The number of hydrogen-bond donors (Lipinski definition) is 0. The molecule has 0 amide bonds. The molecule has 0 aliphatic heterocycles. The minimum absolute atomic E-state index is 0.0322. The van der Waals surface area contributed by atoms with E-state index in [1.54, 1.807) is 0 Å². The molecule has 19 heavy (non-hydrogen) atoms. The highest BCUT2D eigenvalue weighted by atomic mass is 19.1. The highest BCUT2D eigenvalue weighted by Gasteiger charge is 2.31. The van der Waals surface area contributed by atoms with E-state index < -0.39 is 11.9 Å². The van der Waals surface area contributed by atoms with Gasteiger partial charge in [0.25, 0.3) is 0 Å². The Morgan fingerprint density at radius 3 is 2.21 bits per heavy atom. The first-order chi connectivity index (χ1) is 8.82. The minimum Gasteiger partial charge on any atom is -0.294 e. The largest absolute Gasteiger partial charge is 0.294 e. The summed E-state index contributed by atoms with van der Waals surface area (Å²) in [5.41, 5.74) is 0.391. The fourth-order valence-corrected chi connectivity index (χ4v) is 2.09. The Labute approximate surface area is 111 Å². The van der Waals surface area contributed by atoms with E-state index in [9.17, 15) is 19.3 Å². The molecule has 0 aliphatic carbocycles. The predicted molar refractivity (Wildman–Crippen MR) is 70.1 cm³/mol. The van der Waals surface area contributed by atoms with Crippen LogP contribution in [-0.4, -0.2) is 16.7 Å². The highest BCUT2D eigenvalue weighted by molar-refractivity contribution is 5.96. The van der Waals surface area contributed by atoms with Crippen molar-refractivity contribution >= 4 is 5.78 Å². The molecule has 0 saturated carbocycles. The molecule has 0 fully saturated rings. The number of nitrogens with zero attached hydrogens (tertiary/aromatic N) is 1. The average molecular weight is 267 g/mol. The summed E-state index contributed by atoms with van der Waals surface area (Å²) in [6.07, 6.45) is 0.103. The summed E-state index contributed by atoms with van der Waals surface area (Å²) in [5, 5.41) is 10.9. The van der Waals surface area contributed by atoms with Crippen LogP contribution in [0.1, 0.15) is 37.6 Å². The fraction of sp³-hybridized carbons (Fsp3) is 0.500. The van der Waals surface area contributed by atoms with E-state index in [4.69, 9.17) is 0 Å². The zero-order chi connectivity index (χ0) is 14.6. The van der Waals surface area contributed by atoms with Crippen LogP contribution < -0.4 is 0 Å². The highest BCUT2D eigenvalue weighted by Crippen LogP contribution is 2.23. The molecule has 1 aromatic carbocycles. The number of nitro groups is 1. The van der Waals surface area contributed by atoms with Crippen molar-refractivity contribution in [1.82, 2.24) is 0 Å². The van der Waals surface area contributed by atoms with E-state index in [0.29, 0.717) is 5.56 Å². The summed E-state index contributed by atoms with van der Waals surface area (Å²) in [6.45, 7) is 5.24. The van der Waals surface area contributed by atoms with Gasteiger partial charge in [-0.1, -0.05) is 13.8 Å². The van der Waals surface area contributed by atoms with E-state index in [2.05, 4.69) is 0 Å². The van der Waals surface area contributed by atoms with Crippen LogP contribution >= 0.6 is 0 Å². The molecule has 0 spiro atoms. The molecule has 0 radical (unpaired) electrons. The zero-order valence-corrected chi connectivity index (χ0v) is 11.3. The van der Waals surface area contributed by atoms with Gasteiger partial charge in [-0.2, -0.15) is 0 Å². The Morgan fingerprint density at radius 2 is 1.79 bits per heavy atom. The summed E-state index contributed by atoms with van der Waals surface area (Å²) in [6, 6.07) is 4.48. The van der Waals surface area contributed by atoms with Crippen molar-refractivity contribution in [2.75, 3.05) is 0 Å². The number of benzene rings is 1. The van der Waals surface area contributed by atoms with Crippen molar-refractivity contribution in [2.24, 2.45) is 11.8 Å². The third kappa shape index (κ3) is 4.12. The van der Waals surface area contributed by atoms with Crippen LogP contribution in [0.3, 0.4) is 0 Å². The van der Waals surface area contributed by atoms with Gasteiger partial charge in [-0.25, -0.2) is 4.39 Å². The first-order valence-electron chi connectivity index (χ1n) is 6.25. The molecule has 0 bridgehead atoms. The molecule has 0 aliphatic rings. The third-order valence-electron chi connectivity index (χ3n) is 3.40. The van der Waals surface area contributed by atoms with Gasteiger partial charge in [-0.05, 0) is 30.2 Å². The lowest BCUT2D eigenvalue weighted by molar-refractivity contribution is -0.529. The van der Waals surface area contributed by atoms with Crippen LogP contribution in [0.25, 0.3) is 0 Å². The maximum Gasteiger partial charge on any atom is 0.213 e. The normalized spacial score (nSPS) is 14.2. The molecule has 4 nitrogen and oxygen atoms in total. The Hall–Kier alpha value is -1.78. The molecule has 2 atom stereocenters. The van der Waals surface area contributed by atoms with E-state index in [1.165, 1.54) is 31.2 Å². The quantitative estimate of drug-likeness (QED) is 0.451. The molecule has 0 N–H and O–H groups in total. The van der Waals surface area contributed by atoms with E-state index >= 15 is 0 Å². The molecule has 5 heteroatoms. The summed E-state index contributed by atoms with van der Waals surface area (Å²) in [5.74, 6) is -0.889. The molecule has 1 aromatic rings. The second-order valence-electron chi connectivity index (χ2n) is 5.07. The number of hydrogen-bond acceptors (Lipinski definition) is 3. The lowest BCUT2D eigenvalue weighted by Gasteiger charge is -2.21. The predicted octanol–water partition coefficient (Wildman–Crippen LogP) is 3.34. The second kappa shape index (κ2) is 6.41. The molecular weight excluding hydrogens is 249 g/mol. The van der Waals surface area contributed by atoms with Crippen LogP contribution in [0.5, 0.6) is 0 Å². The van der Waals surface area contributed by atoms with Crippen molar-refractivity contribution in [3.05, 3.63) is 45.8 Å². The lowest BCUT2D eigenvalue weighted by Crippen LogP contribution is -2.31. The monoisotopic (exact) mass is 267 g/mol. The van der Waals surface area contributed by atoms with E-state index in [-0.39, 0.29) is 29.0 Å². The molecule has 0 aromatic heterocycles. The standard InChI is InChI=1S/C14H18FNO3/c1-9(2)13(10(3)16(18)19)8-14(17)11-4-6-12(15)7-5-11/h4-7,9-10,13H,8H2,1-3H3. The number of carbonyl (C=O) groups excluding carboxylic acids is 1. The van der Waals surface area contributed by atoms with Crippen molar-refractivity contribution < 1.29 is 14.1 Å². The van der Waals surface area contributed by atoms with Crippen LogP contribution in [0.15, 0.2) is 24.3 Å². The van der Waals surface area contributed by atoms with Crippen LogP contribution in [0.4, 0.5) is 4.39 Å². The van der Waals surface area contributed by atoms with Crippen LogP contribution in [0, 0.1) is 27.8 Å². The van der Waals surface area contributed by atoms with Crippen LogP contribution in [-0.2, 0) is 0 Å². The van der Waals surface area contributed by atoms with Gasteiger partial charge in [0.05, 0.1) is 0 Å². The van der Waals surface area contributed by atoms with Crippen molar-refractivity contribution in [3.63, 3.8) is 0 Å². The number of rotatable bonds is 6. The molecule has 0 heterocycles. The topological polar surface area (TPSA) is 60.2 Å². The smallest absolute Gasteiger partial charge is 0.213 e. The molecule has 1 rings (SSSR count). The third-order valence-corrected chi connectivity index (χ3v) is 3.40.